The predicted molar refractivity (Wildman–Crippen MR) is 62.8 cm³/mol. The second-order valence-electron chi connectivity index (χ2n) is 3.84. The third kappa shape index (κ3) is 3.67. The van der Waals surface area contributed by atoms with E-state index in [4.69, 9.17) is 0 Å². The minimum Gasteiger partial charge on any atom is -0.224 e. The van der Waals surface area contributed by atoms with E-state index in [0.29, 0.717) is 4.90 Å². The predicted octanol–water partition coefficient (Wildman–Crippen LogP) is 2.82. The molecular weight excluding hydrogens is 208 g/mol. The van der Waals surface area contributed by atoms with Gasteiger partial charge in [0.15, 0.2) is 9.84 Å². The van der Waals surface area contributed by atoms with Crippen LogP contribution in [-0.4, -0.2) is 14.7 Å². The van der Waals surface area contributed by atoms with E-state index >= 15 is 0 Å². The zero-order valence-corrected chi connectivity index (χ0v) is 10.2. The molecule has 0 bridgehead atoms. The Morgan fingerprint density at radius 3 is 2.40 bits per heavy atom. The van der Waals surface area contributed by atoms with E-state index in [1.165, 1.54) is 6.26 Å². The largest absolute Gasteiger partial charge is 0.224 e. The number of unbranched alkanes of at least 4 members (excludes halogenated alkanes) is 2. The minimum atomic E-state index is -3.07. The molecule has 1 aromatic rings. The van der Waals surface area contributed by atoms with E-state index in [-0.39, 0.29) is 0 Å². The van der Waals surface area contributed by atoms with Crippen molar-refractivity contribution in [2.75, 3.05) is 6.26 Å². The third-order valence-electron chi connectivity index (χ3n) is 2.42. The smallest absolute Gasteiger partial charge is 0.175 e. The van der Waals surface area contributed by atoms with Crippen LogP contribution in [0.15, 0.2) is 29.2 Å². The first kappa shape index (κ1) is 12.2. The lowest BCUT2D eigenvalue weighted by Crippen LogP contribution is -2.02. The molecule has 84 valence electrons. The summed E-state index contributed by atoms with van der Waals surface area (Å²) in [7, 11) is -3.07. The van der Waals surface area contributed by atoms with Crippen molar-refractivity contribution in [3.63, 3.8) is 0 Å². The van der Waals surface area contributed by atoms with Crippen LogP contribution in [-0.2, 0) is 16.3 Å². The van der Waals surface area contributed by atoms with E-state index in [0.717, 1.165) is 31.2 Å². The molecule has 0 heterocycles. The second kappa shape index (κ2) is 5.31. The van der Waals surface area contributed by atoms with Crippen LogP contribution in [0.1, 0.15) is 31.7 Å². The molecule has 0 atom stereocenters. The van der Waals surface area contributed by atoms with E-state index in [1.54, 1.807) is 12.1 Å². The van der Waals surface area contributed by atoms with Crippen molar-refractivity contribution >= 4 is 9.84 Å². The molecule has 0 spiro atoms. The van der Waals surface area contributed by atoms with Gasteiger partial charge in [-0.1, -0.05) is 38.0 Å². The average Bonchev–Trinajstić information content (AvgIpc) is 2.17. The first-order valence-electron chi connectivity index (χ1n) is 5.33. The van der Waals surface area contributed by atoms with Gasteiger partial charge in [-0.05, 0) is 24.5 Å². The van der Waals surface area contributed by atoms with Gasteiger partial charge in [-0.2, -0.15) is 0 Å². The quantitative estimate of drug-likeness (QED) is 0.723. The number of sulfone groups is 1. The van der Waals surface area contributed by atoms with Gasteiger partial charge in [0.2, 0.25) is 0 Å². The third-order valence-corrected chi connectivity index (χ3v) is 3.62. The Labute approximate surface area is 92.2 Å². The fraction of sp³-hybridized carbons (Fsp3) is 0.500. The molecule has 0 N–H and O–H groups in total. The lowest BCUT2D eigenvalue weighted by molar-refractivity contribution is 0.600. The first-order chi connectivity index (χ1) is 7.05. The Morgan fingerprint density at radius 2 is 1.80 bits per heavy atom. The van der Waals surface area contributed by atoms with E-state index in [9.17, 15) is 8.42 Å². The molecule has 2 nitrogen and oxygen atoms in total. The van der Waals surface area contributed by atoms with E-state index < -0.39 is 9.84 Å². The maximum atomic E-state index is 11.5. The molecule has 0 aliphatic rings. The standard InChI is InChI=1S/C12H18O2S/c1-3-4-5-8-11-9-6-7-10-12(11)15(2,13)14/h6-7,9-10H,3-5,8H2,1-2H3. The molecule has 0 radical (unpaired) electrons. The molecule has 0 aromatic heterocycles. The molecule has 15 heavy (non-hydrogen) atoms. The molecule has 0 aliphatic heterocycles. The Morgan fingerprint density at radius 1 is 1.13 bits per heavy atom. The van der Waals surface area contributed by atoms with Crippen LogP contribution >= 0.6 is 0 Å². The van der Waals surface area contributed by atoms with Gasteiger partial charge in [0, 0.05) is 6.26 Å². The number of rotatable bonds is 5. The van der Waals surface area contributed by atoms with Crippen molar-refractivity contribution in [3.05, 3.63) is 29.8 Å². The molecular formula is C12H18O2S. The Kier molecular flexibility index (Phi) is 4.33. The zero-order valence-electron chi connectivity index (χ0n) is 9.36. The maximum Gasteiger partial charge on any atom is 0.175 e. The summed E-state index contributed by atoms with van der Waals surface area (Å²) in [6.07, 6.45) is 5.49. The minimum absolute atomic E-state index is 0.487. The lowest BCUT2D eigenvalue weighted by Gasteiger charge is -2.06. The van der Waals surface area contributed by atoms with Crippen LogP contribution in [0, 0.1) is 0 Å². The summed E-state index contributed by atoms with van der Waals surface area (Å²) in [5.41, 5.74) is 0.952. The molecule has 0 saturated carbocycles. The van der Waals surface area contributed by atoms with Gasteiger partial charge in [-0.15, -0.1) is 0 Å². The molecule has 0 unspecified atom stereocenters. The number of benzene rings is 1. The SMILES string of the molecule is CCCCCc1ccccc1S(C)(=O)=O. The van der Waals surface area contributed by atoms with Crippen LogP contribution in [0.2, 0.25) is 0 Å². The summed E-state index contributed by atoms with van der Waals surface area (Å²) in [5.74, 6) is 0. The highest BCUT2D eigenvalue weighted by molar-refractivity contribution is 7.90. The van der Waals surface area contributed by atoms with E-state index in [2.05, 4.69) is 6.92 Å². The van der Waals surface area contributed by atoms with Gasteiger partial charge in [-0.3, -0.25) is 0 Å². The average molecular weight is 226 g/mol. The van der Waals surface area contributed by atoms with Crippen molar-refractivity contribution in [1.29, 1.82) is 0 Å². The summed E-state index contributed by atoms with van der Waals surface area (Å²) in [6.45, 7) is 2.14. The molecule has 0 fully saturated rings. The maximum absolute atomic E-state index is 11.5. The number of hydrogen-bond donors (Lipinski definition) is 0. The second-order valence-corrected chi connectivity index (χ2v) is 5.82. The molecule has 1 rings (SSSR count). The van der Waals surface area contributed by atoms with Crippen molar-refractivity contribution < 1.29 is 8.42 Å². The highest BCUT2D eigenvalue weighted by Gasteiger charge is 2.11. The lowest BCUT2D eigenvalue weighted by atomic mass is 10.1. The van der Waals surface area contributed by atoms with Crippen LogP contribution in [0.4, 0.5) is 0 Å². The van der Waals surface area contributed by atoms with Crippen molar-refractivity contribution in [1.82, 2.24) is 0 Å². The number of aryl methyl sites for hydroxylation is 1. The van der Waals surface area contributed by atoms with E-state index in [1.807, 2.05) is 12.1 Å². The van der Waals surface area contributed by atoms with Crippen molar-refractivity contribution in [2.45, 2.75) is 37.5 Å². The highest BCUT2D eigenvalue weighted by atomic mass is 32.2. The van der Waals surface area contributed by atoms with Gasteiger partial charge in [0.05, 0.1) is 4.90 Å². The van der Waals surface area contributed by atoms with Crippen LogP contribution in [0.5, 0.6) is 0 Å². The summed E-state index contributed by atoms with van der Waals surface area (Å²) in [5, 5.41) is 0. The normalized spacial score (nSPS) is 11.6. The van der Waals surface area contributed by atoms with Crippen LogP contribution in [0.25, 0.3) is 0 Å². The Bertz CT molecular complexity index is 407. The van der Waals surface area contributed by atoms with Crippen LogP contribution in [0.3, 0.4) is 0 Å². The summed E-state index contributed by atoms with van der Waals surface area (Å²) in [4.78, 5) is 0.487. The van der Waals surface area contributed by atoms with Gasteiger partial charge in [0.1, 0.15) is 0 Å². The zero-order chi connectivity index (χ0) is 11.3. The topological polar surface area (TPSA) is 34.1 Å². The van der Waals surface area contributed by atoms with Crippen molar-refractivity contribution in [2.24, 2.45) is 0 Å². The van der Waals surface area contributed by atoms with Gasteiger partial charge in [0.25, 0.3) is 0 Å². The molecule has 0 amide bonds. The monoisotopic (exact) mass is 226 g/mol. The molecule has 0 saturated heterocycles. The summed E-state index contributed by atoms with van der Waals surface area (Å²) < 4.78 is 23.0. The molecule has 1 aromatic carbocycles. The fourth-order valence-electron chi connectivity index (χ4n) is 1.64. The Balaban J connectivity index is 2.88. The summed E-state index contributed by atoms with van der Waals surface area (Å²) >= 11 is 0. The Hall–Kier alpha value is -0.830. The van der Waals surface area contributed by atoms with Gasteiger partial charge >= 0.3 is 0 Å². The fourth-order valence-corrected chi connectivity index (χ4v) is 2.61. The highest BCUT2D eigenvalue weighted by Crippen LogP contribution is 2.17. The van der Waals surface area contributed by atoms with Gasteiger partial charge in [-0.25, -0.2) is 8.42 Å². The summed E-state index contributed by atoms with van der Waals surface area (Å²) in [6, 6.07) is 7.28. The molecule has 3 heteroatoms. The first-order valence-corrected chi connectivity index (χ1v) is 7.23. The van der Waals surface area contributed by atoms with Crippen molar-refractivity contribution in [3.8, 4) is 0 Å². The van der Waals surface area contributed by atoms with Crippen LogP contribution < -0.4 is 0 Å². The van der Waals surface area contributed by atoms with Gasteiger partial charge < -0.3 is 0 Å². The molecule has 0 aliphatic carbocycles. The number of hydrogen-bond acceptors (Lipinski definition) is 2.